The highest BCUT2D eigenvalue weighted by atomic mass is 16.5. The summed E-state index contributed by atoms with van der Waals surface area (Å²) in [7, 11) is 3.32. The molecule has 146 valence electrons. The molecule has 1 aromatic heterocycles. The number of tetrazole rings is 1. The van der Waals surface area contributed by atoms with Crippen LogP contribution in [-0.4, -0.2) is 65.5 Å². The Kier molecular flexibility index (Phi) is 5.38. The zero-order valence-electron chi connectivity index (χ0n) is 16.2. The second-order valence-corrected chi connectivity index (χ2v) is 6.68. The molecular weight excluding hydrogens is 356 g/mol. The van der Waals surface area contributed by atoms with Crippen molar-refractivity contribution >= 4 is 5.95 Å². The highest BCUT2D eigenvalue weighted by Crippen LogP contribution is 2.28. The summed E-state index contributed by atoms with van der Waals surface area (Å²) in [6.45, 7) is 4.50. The van der Waals surface area contributed by atoms with Crippen LogP contribution in [0.25, 0.3) is 5.69 Å². The predicted molar refractivity (Wildman–Crippen MR) is 106 cm³/mol. The maximum atomic E-state index is 5.41. The smallest absolute Gasteiger partial charge is 0.250 e. The van der Waals surface area contributed by atoms with Crippen molar-refractivity contribution in [1.29, 1.82) is 0 Å². The molecule has 0 unspecified atom stereocenters. The molecule has 4 rings (SSSR count). The molecule has 3 aromatic rings. The van der Waals surface area contributed by atoms with Gasteiger partial charge >= 0.3 is 0 Å². The average Bonchev–Trinajstić information content (AvgIpc) is 3.25. The Balaban J connectivity index is 1.40. The van der Waals surface area contributed by atoms with E-state index in [1.54, 1.807) is 18.9 Å². The molecule has 0 bridgehead atoms. The van der Waals surface area contributed by atoms with Gasteiger partial charge in [0, 0.05) is 32.7 Å². The average molecular weight is 380 g/mol. The van der Waals surface area contributed by atoms with E-state index in [1.165, 1.54) is 5.56 Å². The fraction of sp³-hybridized carbons (Fsp3) is 0.350. The number of rotatable bonds is 6. The second kappa shape index (κ2) is 8.26. The molecule has 0 radical (unpaired) electrons. The summed E-state index contributed by atoms with van der Waals surface area (Å²) in [6.07, 6.45) is 0. The molecule has 1 fully saturated rings. The Morgan fingerprint density at radius 1 is 0.893 bits per heavy atom. The van der Waals surface area contributed by atoms with Gasteiger partial charge in [-0.05, 0) is 40.3 Å². The lowest BCUT2D eigenvalue weighted by atomic mass is 10.1. The highest BCUT2D eigenvalue weighted by Gasteiger charge is 2.22. The molecule has 0 atom stereocenters. The van der Waals surface area contributed by atoms with Crippen LogP contribution in [0.5, 0.6) is 11.5 Å². The number of methoxy groups -OCH3 is 2. The van der Waals surface area contributed by atoms with Crippen LogP contribution in [0.3, 0.4) is 0 Å². The number of para-hydroxylation sites is 1. The quantitative estimate of drug-likeness (QED) is 0.648. The van der Waals surface area contributed by atoms with Crippen molar-refractivity contribution in [2.45, 2.75) is 6.54 Å². The first-order valence-corrected chi connectivity index (χ1v) is 9.30. The summed E-state index contributed by atoms with van der Waals surface area (Å²) in [6, 6.07) is 16.1. The van der Waals surface area contributed by atoms with E-state index in [1.807, 2.05) is 42.5 Å². The normalized spacial score (nSPS) is 14.9. The van der Waals surface area contributed by atoms with E-state index in [0.29, 0.717) is 0 Å². The van der Waals surface area contributed by atoms with Crippen molar-refractivity contribution < 1.29 is 9.47 Å². The maximum Gasteiger partial charge on any atom is 0.250 e. The lowest BCUT2D eigenvalue weighted by molar-refractivity contribution is 0.247. The number of anilines is 1. The zero-order valence-corrected chi connectivity index (χ0v) is 16.2. The van der Waals surface area contributed by atoms with E-state index < -0.39 is 0 Å². The van der Waals surface area contributed by atoms with Gasteiger partial charge in [0.25, 0.3) is 0 Å². The largest absolute Gasteiger partial charge is 0.493 e. The van der Waals surface area contributed by atoms with Crippen molar-refractivity contribution in [3.8, 4) is 17.2 Å². The molecule has 8 nitrogen and oxygen atoms in total. The van der Waals surface area contributed by atoms with Crippen LogP contribution in [0.2, 0.25) is 0 Å². The Hall–Kier alpha value is -3.13. The predicted octanol–water partition coefficient (Wildman–Crippen LogP) is 2.00. The van der Waals surface area contributed by atoms with Crippen molar-refractivity contribution in [2.24, 2.45) is 0 Å². The van der Waals surface area contributed by atoms with Crippen molar-refractivity contribution in [1.82, 2.24) is 25.1 Å². The van der Waals surface area contributed by atoms with Gasteiger partial charge in [-0.25, -0.2) is 0 Å². The molecule has 0 spiro atoms. The summed E-state index contributed by atoms with van der Waals surface area (Å²) in [5, 5.41) is 12.3. The highest BCUT2D eigenvalue weighted by molar-refractivity contribution is 5.43. The van der Waals surface area contributed by atoms with Gasteiger partial charge in [-0.15, -0.1) is 0 Å². The number of aromatic nitrogens is 4. The lowest BCUT2D eigenvalue weighted by Gasteiger charge is -2.34. The SMILES string of the molecule is COc1ccc(CN2CCN(c3nnnn3-c3ccccc3)CC2)cc1OC. The molecule has 0 N–H and O–H groups in total. The summed E-state index contributed by atoms with van der Waals surface area (Å²) in [4.78, 5) is 4.66. The molecule has 2 heterocycles. The zero-order chi connectivity index (χ0) is 19.3. The molecule has 0 aliphatic carbocycles. The van der Waals surface area contributed by atoms with Gasteiger partial charge in [-0.1, -0.05) is 29.4 Å². The molecule has 28 heavy (non-hydrogen) atoms. The molecule has 8 heteroatoms. The molecule has 0 saturated carbocycles. The van der Waals surface area contributed by atoms with Crippen LogP contribution >= 0.6 is 0 Å². The van der Waals surface area contributed by atoms with E-state index in [2.05, 4.69) is 31.4 Å². The second-order valence-electron chi connectivity index (χ2n) is 6.68. The maximum absolute atomic E-state index is 5.41. The third-order valence-corrected chi connectivity index (χ3v) is 4.96. The Morgan fingerprint density at radius 3 is 2.36 bits per heavy atom. The van der Waals surface area contributed by atoms with Gasteiger partial charge in [-0.3, -0.25) is 4.90 Å². The van der Waals surface area contributed by atoms with E-state index in [-0.39, 0.29) is 0 Å². The van der Waals surface area contributed by atoms with E-state index in [0.717, 1.165) is 55.9 Å². The molecular formula is C20H24N6O2. The van der Waals surface area contributed by atoms with Gasteiger partial charge in [0.05, 0.1) is 19.9 Å². The Bertz CT molecular complexity index is 906. The molecule has 1 aliphatic heterocycles. The first kappa shape index (κ1) is 18.2. The van der Waals surface area contributed by atoms with E-state index in [4.69, 9.17) is 9.47 Å². The topological polar surface area (TPSA) is 68.5 Å². The van der Waals surface area contributed by atoms with E-state index in [9.17, 15) is 0 Å². The van der Waals surface area contributed by atoms with Crippen LogP contribution in [0.15, 0.2) is 48.5 Å². The first-order valence-electron chi connectivity index (χ1n) is 9.30. The number of hydrogen-bond acceptors (Lipinski definition) is 7. The standard InChI is InChI=1S/C20H24N6O2/c1-27-18-9-8-16(14-19(18)28-2)15-24-10-12-25(13-11-24)20-21-22-23-26(20)17-6-4-3-5-7-17/h3-9,14H,10-13,15H2,1-2H3. The lowest BCUT2D eigenvalue weighted by Crippen LogP contribution is -2.46. The van der Waals surface area contributed by atoms with Gasteiger partial charge < -0.3 is 14.4 Å². The Morgan fingerprint density at radius 2 is 1.64 bits per heavy atom. The summed E-state index contributed by atoms with van der Waals surface area (Å²) in [5.41, 5.74) is 2.18. The van der Waals surface area contributed by atoms with Crippen molar-refractivity contribution in [2.75, 3.05) is 45.3 Å². The molecule has 0 amide bonds. The monoisotopic (exact) mass is 380 g/mol. The fourth-order valence-electron chi connectivity index (χ4n) is 3.46. The number of ether oxygens (including phenoxy) is 2. The number of benzene rings is 2. The van der Waals surface area contributed by atoms with Crippen LogP contribution in [-0.2, 0) is 6.54 Å². The van der Waals surface area contributed by atoms with Crippen LogP contribution in [0, 0.1) is 0 Å². The minimum Gasteiger partial charge on any atom is -0.493 e. The molecule has 2 aromatic carbocycles. The summed E-state index contributed by atoms with van der Waals surface area (Å²) >= 11 is 0. The number of nitrogens with zero attached hydrogens (tertiary/aromatic N) is 6. The summed E-state index contributed by atoms with van der Waals surface area (Å²) in [5.74, 6) is 2.31. The van der Waals surface area contributed by atoms with Crippen LogP contribution < -0.4 is 14.4 Å². The Labute approximate surface area is 164 Å². The van der Waals surface area contributed by atoms with E-state index >= 15 is 0 Å². The van der Waals surface area contributed by atoms with Gasteiger partial charge in [0.1, 0.15) is 0 Å². The van der Waals surface area contributed by atoms with Gasteiger partial charge in [0.2, 0.25) is 5.95 Å². The molecule has 1 aliphatic rings. The minimum absolute atomic E-state index is 0.754. The van der Waals surface area contributed by atoms with Crippen molar-refractivity contribution in [3.05, 3.63) is 54.1 Å². The fourth-order valence-corrected chi connectivity index (χ4v) is 3.46. The van der Waals surface area contributed by atoms with Crippen LogP contribution in [0.1, 0.15) is 5.56 Å². The third-order valence-electron chi connectivity index (χ3n) is 4.96. The summed E-state index contributed by atoms with van der Waals surface area (Å²) < 4.78 is 12.5. The first-order chi connectivity index (χ1) is 13.8. The van der Waals surface area contributed by atoms with Crippen LogP contribution in [0.4, 0.5) is 5.95 Å². The van der Waals surface area contributed by atoms with Gasteiger partial charge in [0.15, 0.2) is 11.5 Å². The third kappa shape index (κ3) is 3.77. The number of hydrogen-bond donors (Lipinski definition) is 0. The van der Waals surface area contributed by atoms with Gasteiger partial charge in [-0.2, -0.15) is 4.68 Å². The number of piperazine rings is 1. The van der Waals surface area contributed by atoms with Crippen molar-refractivity contribution in [3.63, 3.8) is 0 Å². The minimum atomic E-state index is 0.754. The molecule has 1 saturated heterocycles.